The maximum absolute atomic E-state index is 11.7. The molecule has 6 heteroatoms. The number of aromatic carboxylic acids is 1. The number of hydrogen-bond donors (Lipinski definition) is 2. The number of benzene rings is 2. The molecule has 0 amide bonds. The highest BCUT2D eigenvalue weighted by Gasteiger charge is 2.11. The molecule has 1 heterocycles. The number of carboxylic acid groups (broad SMARTS) is 1. The number of aromatic hydroxyl groups is 1. The van der Waals surface area contributed by atoms with Crippen LogP contribution in [0.2, 0.25) is 0 Å². The molecular formula is C20H17NO5. The van der Waals surface area contributed by atoms with Gasteiger partial charge in [0.25, 0.3) is 0 Å². The van der Waals surface area contributed by atoms with Crippen LogP contribution in [-0.4, -0.2) is 27.1 Å². The molecule has 1 aromatic heterocycles. The van der Waals surface area contributed by atoms with E-state index in [0.717, 1.165) is 5.56 Å². The molecule has 6 nitrogen and oxygen atoms in total. The summed E-state index contributed by atoms with van der Waals surface area (Å²) in [5.41, 5.74) is 1.32. The SMILES string of the molecule is O=C(O)c1cccnc1.O=C(OCc1ccccc1)c1ccccc1O. The number of rotatable bonds is 4. The third-order valence-corrected chi connectivity index (χ3v) is 3.25. The van der Waals surface area contributed by atoms with E-state index in [-0.39, 0.29) is 23.5 Å². The minimum atomic E-state index is -0.942. The van der Waals surface area contributed by atoms with Crippen LogP contribution in [-0.2, 0) is 11.3 Å². The van der Waals surface area contributed by atoms with Gasteiger partial charge in [-0.05, 0) is 29.8 Å². The predicted octanol–water partition coefficient (Wildman–Crippen LogP) is 3.53. The fourth-order valence-electron chi connectivity index (χ4n) is 1.94. The van der Waals surface area contributed by atoms with E-state index in [1.165, 1.54) is 30.6 Å². The van der Waals surface area contributed by atoms with E-state index < -0.39 is 11.9 Å². The molecule has 0 saturated heterocycles. The lowest BCUT2D eigenvalue weighted by Gasteiger charge is -2.05. The minimum Gasteiger partial charge on any atom is -0.507 e. The van der Waals surface area contributed by atoms with Crippen molar-refractivity contribution in [3.8, 4) is 5.75 Å². The highest BCUT2D eigenvalue weighted by Crippen LogP contribution is 2.17. The third kappa shape index (κ3) is 5.76. The van der Waals surface area contributed by atoms with Gasteiger partial charge in [0.15, 0.2) is 0 Å². The Morgan fingerprint density at radius 3 is 2.19 bits per heavy atom. The van der Waals surface area contributed by atoms with Crippen molar-refractivity contribution in [2.24, 2.45) is 0 Å². The Labute approximate surface area is 150 Å². The van der Waals surface area contributed by atoms with Crippen molar-refractivity contribution in [2.45, 2.75) is 6.61 Å². The molecule has 0 spiro atoms. The van der Waals surface area contributed by atoms with Gasteiger partial charge in [-0.2, -0.15) is 0 Å². The summed E-state index contributed by atoms with van der Waals surface area (Å²) in [6.45, 7) is 0.202. The van der Waals surface area contributed by atoms with Crippen molar-refractivity contribution >= 4 is 11.9 Å². The number of carbonyl (C=O) groups excluding carboxylic acids is 1. The van der Waals surface area contributed by atoms with Gasteiger partial charge in [0, 0.05) is 12.4 Å². The number of carboxylic acids is 1. The Hall–Kier alpha value is -3.67. The molecule has 3 aromatic rings. The summed E-state index contributed by atoms with van der Waals surface area (Å²) in [5, 5.41) is 17.8. The van der Waals surface area contributed by atoms with Gasteiger partial charge >= 0.3 is 11.9 Å². The van der Waals surface area contributed by atoms with Crippen LogP contribution in [0.1, 0.15) is 26.3 Å². The molecule has 0 saturated carbocycles. The Kier molecular flexibility index (Phi) is 6.88. The molecule has 2 N–H and O–H groups in total. The summed E-state index contributed by atoms with van der Waals surface area (Å²) in [5.74, 6) is -1.53. The molecule has 3 rings (SSSR count). The molecule has 0 aliphatic heterocycles. The first-order valence-corrected chi connectivity index (χ1v) is 7.70. The molecular weight excluding hydrogens is 334 g/mol. The number of para-hydroxylation sites is 1. The van der Waals surface area contributed by atoms with Crippen molar-refractivity contribution < 1.29 is 24.5 Å². The first-order valence-electron chi connectivity index (χ1n) is 7.70. The van der Waals surface area contributed by atoms with Crippen LogP contribution in [0.25, 0.3) is 0 Å². The van der Waals surface area contributed by atoms with Gasteiger partial charge in [-0.1, -0.05) is 42.5 Å². The van der Waals surface area contributed by atoms with Gasteiger partial charge in [0.05, 0.1) is 5.56 Å². The lowest BCUT2D eigenvalue weighted by molar-refractivity contribution is 0.0469. The van der Waals surface area contributed by atoms with E-state index in [9.17, 15) is 14.7 Å². The van der Waals surface area contributed by atoms with Crippen LogP contribution in [0.5, 0.6) is 5.75 Å². The number of carbonyl (C=O) groups is 2. The molecule has 0 radical (unpaired) electrons. The average Bonchev–Trinajstić information content (AvgIpc) is 2.68. The largest absolute Gasteiger partial charge is 0.507 e. The van der Waals surface area contributed by atoms with E-state index in [1.54, 1.807) is 18.2 Å². The third-order valence-electron chi connectivity index (χ3n) is 3.25. The Morgan fingerprint density at radius 1 is 0.923 bits per heavy atom. The lowest BCUT2D eigenvalue weighted by atomic mass is 10.2. The number of aromatic nitrogens is 1. The van der Waals surface area contributed by atoms with E-state index in [2.05, 4.69) is 4.98 Å². The van der Waals surface area contributed by atoms with Gasteiger partial charge in [-0.3, -0.25) is 4.98 Å². The molecule has 0 fully saturated rings. The van der Waals surface area contributed by atoms with Crippen LogP contribution in [0.3, 0.4) is 0 Å². The van der Waals surface area contributed by atoms with Crippen molar-refractivity contribution in [2.75, 3.05) is 0 Å². The summed E-state index contributed by atoms with van der Waals surface area (Å²) >= 11 is 0. The topological polar surface area (TPSA) is 96.7 Å². The number of phenols is 1. The van der Waals surface area contributed by atoms with Crippen LogP contribution in [0.15, 0.2) is 79.1 Å². The van der Waals surface area contributed by atoms with Crippen molar-refractivity contribution in [1.29, 1.82) is 0 Å². The van der Waals surface area contributed by atoms with E-state index in [4.69, 9.17) is 9.84 Å². The van der Waals surface area contributed by atoms with Crippen LogP contribution in [0.4, 0.5) is 0 Å². The number of nitrogens with zero attached hydrogens (tertiary/aromatic N) is 1. The number of pyridine rings is 1. The zero-order chi connectivity index (χ0) is 18.8. The maximum Gasteiger partial charge on any atom is 0.342 e. The van der Waals surface area contributed by atoms with Crippen molar-refractivity contribution in [3.05, 3.63) is 95.8 Å². The quantitative estimate of drug-likeness (QED) is 0.698. The fourth-order valence-corrected chi connectivity index (χ4v) is 1.94. The minimum absolute atomic E-state index is 0.0643. The second-order valence-corrected chi connectivity index (χ2v) is 5.13. The monoisotopic (exact) mass is 351 g/mol. The molecule has 0 unspecified atom stereocenters. The molecule has 2 aromatic carbocycles. The lowest BCUT2D eigenvalue weighted by Crippen LogP contribution is -2.05. The van der Waals surface area contributed by atoms with Gasteiger partial charge in [0.1, 0.15) is 17.9 Å². The molecule has 0 aliphatic rings. The van der Waals surface area contributed by atoms with Gasteiger partial charge < -0.3 is 14.9 Å². The average molecular weight is 351 g/mol. The number of phenolic OH excluding ortho intramolecular Hbond substituents is 1. The smallest absolute Gasteiger partial charge is 0.342 e. The summed E-state index contributed by atoms with van der Waals surface area (Å²) in [6.07, 6.45) is 2.84. The maximum atomic E-state index is 11.7. The van der Waals surface area contributed by atoms with Crippen LogP contribution in [0, 0.1) is 0 Å². The highest BCUT2D eigenvalue weighted by atomic mass is 16.5. The predicted molar refractivity (Wildman–Crippen MR) is 94.9 cm³/mol. The zero-order valence-corrected chi connectivity index (χ0v) is 13.8. The summed E-state index contributed by atoms with van der Waals surface area (Å²) < 4.78 is 5.10. The van der Waals surface area contributed by atoms with Crippen molar-refractivity contribution in [3.63, 3.8) is 0 Å². The Balaban J connectivity index is 0.000000228. The summed E-state index contributed by atoms with van der Waals surface area (Å²) in [6, 6.07) is 18.8. The number of ether oxygens (including phenoxy) is 1. The van der Waals surface area contributed by atoms with Crippen molar-refractivity contribution in [1.82, 2.24) is 4.98 Å². The highest BCUT2D eigenvalue weighted by molar-refractivity contribution is 5.92. The van der Waals surface area contributed by atoms with E-state index in [0.29, 0.717) is 0 Å². The zero-order valence-electron chi connectivity index (χ0n) is 13.8. The van der Waals surface area contributed by atoms with Gasteiger partial charge in [0.2, 0.25) is 0 Å². The molecule has 0 bridgehead atoms. The van der Waals surface area contributed by atoms with E-state index in [1.807, 2.05) is 30.3 Å². The second kappa shape index (κ2) is 9.58. The standard InChI is InChI=1S/C14H12O3.C6H5NO2/c15-13-9-5-4-8-12(13)14(16)17-10-11-6-2-1-3-7-11;8-6(9)5-2-1-3-7-4-5/h1-9,15H,10H2;1-4H,(H,8,9). The molecule has 0 atom stereocenters. The second-order valence-electron chi connectivity index (χ2n) is 5.13. The summed E-state index contributed by atoms with van der Waals surface area (Å²) in [7, 11) is 0. The van der Waals surface area contributed by atoms with Crippen LogP contribution < -0.4 is 0 Å². The Bertz CT molecular complexity index is 850. The first-order chi connectivity index (χ1) is 12.6. The fraction of sp³-hybridized carbons (Fsp3) is 0.0500. The summed E-state index contributed by atoms with van der Waals surface area (Å²) in [4.78, 5) is 25.4. The first kappa shape index (κ1) is 18.7. The number of hydrogen-bond acceptors (Lipinski definition) is 5. The Morgan fingerprint density at radius 2 is 1.62 bits per heavy atom. The van der Waals surface area contributed by atoms with Gasteiger partial charge in [-0.15, -0.1) is 0 Å². The van der Waals surface area contributed by atoms with Gasteiger partial charge in [-0.25, -0.2) is 9.59 Å². The van der Waals surface area contributed by atoms with Crippen LogP contribution >= 0.6 is 0 Å². The molecule has 0 aliphatic carbocycles. The number of esters is 1. The van der Waals surface area contributed by atoms with E-state index >= 15 is 0 Å². The molecule has 132 valence electrons. The normalized spacial score (nSPS) is 9.54. The molecule has 26 heavy (non-hydrogen) atoms.